The zero-order valence-electron chi connectivity index (χ0n) is 19.9. The Bertz CT molecular complexity index is 1500. The van der Waals surface area contributed by atoms with Crippen molar-refractivity contribution in [3.63, 3.8) is 0 Å². The molecule has 1 amide bonds. The van der Waals surface area contributed by atoms with Crippen LogP contribution in [-0.4, -0.2) is 52.6 Å². The third-order valence-electron chi connectivity index (χ3n) is 5.95. The summed E-state index contributed by atoms with van der Waals surface area (Å²) in [4.78, 5) is 25.5. The second-order valence-corrected chi connectivity index (χ2v) is 10.9. The van der Waals surface area contributed by atoms with Gasteiger partial charge in [-0.3, -0.25) is 0 Å². The van der Waals surface area contributed by atoms with Crippen LogP contribution in [0.2, 0.25) is 5.02 Å². The van der Waals surface area contributed by atoms with E-state index >= 15 is 0 Å². The third kappa shape index (κ3) is 5.39. The monoisotopic (exact) mass is 537 g/mol. The van der Waals surface area contributed by atoms with E-state index in [0.717, 1.165) is 6.07 Å². The topological polar surface area (TPSA) is 118 Å². The first-order valence-corrected chi connectivity index (χ1v) is 13.0. The van der Waals surface area contributed by atoms with Crippen molar-refractivity contribution in [1.82, 2.24) is 14.9 Å². The van der Waals surface area contributed by atoms with E-state index in [-0.39, 0.29) is 34.4 Å². The summed E-state index contributed by atoms with van der Waals surface area (Å²) in [6.45, 7) is 2.85. The number of hydrogen-bond acceptors (Lipinski definition) is 7. The molecule has 1 fully saturated rings. The van der Waals surface area contributed by atoms with E-state index in [0.29, 0.717) is 36.0 Å². The number of ether oxygens (including phenoxy) is 1. The van der Waals surface area contributed by atoms with Gasteiger partial charge in [0.1, 0.15) is 16.3 Å². The maximum absolute atomic E-state index is 14.5. The third-order valence-corrected chi connectivity index (χ3v) is 7.78. The zero-order valence-corrected chi connectivity index (χ0v) is 21.4. The van der Waals surface area contributed by atoms with Crippen LogP contribution >= 0.6 is 11.6 Å². The van der Waals surface area contributed by atoms with Crippen molar-refractivity contribution in [2.24, 2.45) is 0 Å². The quantitative estimate of drug-likeness (QED) is 0.464. The minimum Gasteiger partial charge on any atom is -0.422 e. The summed E-state index contributed by atoms with van der Waals surface area (Å²) < 4.78 is 53.3. The molecule has 0 saturated carbocycles. The van der Waals surface area contributed by atoms with Crippen LogP contribution in [0.3, 0.4) is 0 Å². The van der Waals surface area contributed by atoms with Gasteiger partial charge in [-0.2, -0.15) is 0 Å². The Kier molecular flexibility index (Phi) is 7.37. The summed E-state index contributed by atoms with van der Waals surface area (Å²) in [6, 6.07) is 6.28. The zero-order chi connectivity index (χ0) is 26.2. The molecule has 4 rings (SSSR count). The van der Waals surface area contributed by atoms with Crippen LogP contribution in [0.1, 0.15) is 23.1 Å². The van der Waals surface area contributed by atoms with E-state index < -0.39 is 32.5 Å². The molecule has 1 unspecified atom stereocenters. The fraction of sp³-hybridized carbons (Fsp3) is 0.333. The molecule has 2 heterocycles. The molecule has 0 spiro atoms. The normalized spacial score (nSPS) is 15.9. The highest BCUT2D eigenvalue weighted by molar-refractivity contribution is 7.89. The number of carbonyl (C=O) groups is 1. The highest BCUT2D eigenvalue weighted by Gasteiger charge is 2.26. The van der Waals surface area contributed by atoms with Crippen molar-refractivity contribution in [1.29, 1.82) is 0 Å². The molecule has 9 nitrogen and oxygen atoms in total. The van der Waals surface area contributed by atoms with E-state index in [9.17, 15) is 22.4 Å². The summed E-state index contributed by atoms with van der Waals surface area (Å²) >= 11 is 6.30. The number of aryl methyl sites for hydroxylation is 1. The number of rotatable bonds is 6. The largest absolute Gasteiger partial charge is 0.422 e. The first-order valence-electron chi connectivity index (χ1n) is 11.1. The van der Waals surface area contributed by atoms with Crippen molar-refractivity contribution in [2.45, 2.75) is 30.7 Å². The number of amides is 1. The van der Waals surface area contributed by atoms with Crippen LogP contribution in [0.4, 0.5) is 9.18 Å². The molecule has 1 atom stereocenters. The smallest absolute Gasteiger partial charge is 0.414 e. The van der Waals surface area contributed by atoms with Crippen LogP contribution in [0.15, 0.2) is 44.4 Å². The Hall–Kier alpha value is -2.99. The molecule has 1 saturated heterocycles. The highest BCUT2D eigenvalue weighted by atomic mass is 35.5. The number of benzene rings is 2. The molecule has 0 aliphatic carbocycles. The fourth-order valence-electron chi connectivity index (χ4n) is 3.96. The molecule has 2 aromatic carbocycles. The summed E-state index contributed by atoms with van der Waals surface area (Å²) in [7, 11) is -1.07. The van der Waals surface area contributed by atoms with Gasteiger partial charge in [0.05, 0.1) is 5.02 Å². The summed E-state index contributed by atoms with van der Waals surface area (Å²) in [5.41, 5.74) is 0.746. The molecule has 2 N–H and O–H groups in total. The Morgan fingerprint density at radius 3 is 2.72 bits per heavy atom. The molecule has 1 aliphatic heterocycles. The minimum absolute atomic E-state index is 0.00682. The lowest BCUT2D eigenvalue weighted by Crippen LogP contribution is -2.36. The van der Waals surface area contributed by atoms with E-state index in [2.05, 4.69) is 10.0 Å². The van der Waals surface area contributed by atoms with Gasteiger partial charge in [0, 0.05) is 50.1 Å². The van der Waals surface area contributed by atoms with Gasteiger partial charge in [0.2, 0.25) is 10.0 Å². The van der Waals surface area contributed by atoms with Gasteiger partial charge in [-0.1, -0.05) is 17.7 Å². The molecular weight excluding hydrogens is 513 g/mol. The summed E-state index contributed by atoms with van der Waals surface area (Å²) in [5, 5.41) is 3.71. The average Bonchev–Trinajstić information content (AvgIpc) is 3.31. The predicted molar refractivity (Wildman–Crippen MR) is 133 cm³/mol. The molecule has 12 heteroatoms. The molecule has 1 aliphatic rings. The van der Waals surface area contributed by atoms with Gasteiger partial charge >= 0.3 is 11.7 Å². The van der Waals surface area contributed by atoms with Crippen molar-refractivity contribution in [2.75, 3.05) is 27.2 Å². The van der Waals surface area contributed by atoms with Crippen molar-refractivity contribution in [3.8, 4) is 5.75 Å². The van der Waals surface area contributed by atoms with E-state index in [1.165, 1.54) is 43.3 Å². The van der Waals surface area contributed by atoms with Crippen LogP contribution in [-0.2, 0) is 16.4 Å². The number of nitrogens with zero attached hydrogens (tertiary/aromatic N) is 1. The van der Waals surface area contributed by atoms with E-state index in [4.69, 9.17) is 20.8 Å². The number of sulfonamides is 1. The Balaban J connectivity index is 1.68. The van der Waals surface area contributed by atoms with Crippen LogP contribution in [0, 0.1) is 12.7 Å². The second kappa shape index (κ2) is 10.2. The summed E-state index contributed by atoms with van der Waals surface area (Å²) in [6.07, 6.45) is -0.0312. The molecule has 0 radical (unpaired) electrons. The van der Waals surface area contributed by atoms with E-state index in [1.807, 2.05) is 0 Å². The second-order valence-electron chi connectivity index (χ2n) is 8.79. The molecule has 36 heavy (non-hydrogen) atoms. The van der Waals surface area contributed by atoms with Gasteiger partial charge < -0.3 is 19.4 Å². The first-order chi connectivity index (χ1) is 17.0. The number of halogens is 2. The summed E-state index contributed by atoms with van der Waals surface area (Å²) in [5.74, 6) is -0.845. The first kappa shape index (κ1) is 26.1. The molecular formula is C24H25ClFN3O6S. The number of hydrogen-bond donors (Lipinski definition) is 2. The van der Waals surface area contributed by atoms with Crippen molar-refractivity contribution in [3.05, 3.63) is 68.3 Å². The van der Waals surface area contributed by atoms with Crippen LogP contribution in [0.25, 0.3) is 11.0 Å². The SMILES string of the molecule is Cc1c(Cc2ccc(F)c(S(=O)(=O)NC3CCNC3)c2)c(=O)oc2cc(OC(=O)N(C)C)c(Cl)cc12. The van der Waals surface area contributed by atoms with Gasteiger partial charge in [-0.05, 0) is 49.2 Å². The van der Waals surface area contributed by atoms with Crippen molar-refractivity contribution >= 4 is 38.7 Å². The van der Waals surface area contributed by atoms with Crippen LogP contribution < -0.4 is 20.4 Å². The average molecular weight is 538 g/mol. The Labute approximate surface area is 212 Å². The number of carbonyl (C=O) groups excluding carboxylic acids is 1. The fourth-order valence-corrected chi connectivity index (χ4v) is 5.56. The highest BCUT2D eigenvalue weighted by Crippen LogP contribution is 2.33. The van der Waals surface area contributed by atoms with Gasteiger partial charge in [0.25, 0.3) is 0 Å². The lowest BCUT2D eigenvalue weighted by molar-refractivity contribution is 0.172. The van der Waals surface area contributed by atoms with Crippen LogP contribution in [0.5, 0.6) is 5.75 Å². The number of nitrogens with one attached hydrogen (secondary N) is 2. The number of fused-ring (bicyclic) bond motifs is 1. The van der Waals surface area contributed by atoms with Crippen molar-refractivity contribution < 1.29 is 26.8 Å². The lowest BCUT2D eigenvalue weighted by atomic mass is 9.99. The maximum atomic E-state index is 14.5. The van der Waals surface area contributed by atoms with Gasteiger partial charge in [-0.15, -0.1) is 0 Å². The lowest BCUT2D eigenvalue weighted by Gasteiger charge is -2.14. The van der Waals surface area contributed by atoms with Gasteiger partial charge in [-0.25, -0.2) is 27.1 Å². The molecule has 192 valence electrons. The molecule has 1 aromatic heterocycles. The Morgan fingerprint density at radius 2 is 2.06 bits per heavy atom. The van der Waals surface area contributed by atoms with Gasteiger partial charge in [0.15, 0.2) is 5.75 Å². The minimum atomic E-state index is -4.10. The van der Waals surface area contributed by atoms with E-state index in [1.54, 1.807) is 6.92 Å². The predicted octanol–water partition coefficient (Wildman–Crippen LogP) is 3.19. The maximum Gasteiger partial charge on any atom is 0.414 e. The molecule has 0 bridgehead atoms. The standard InChI is InChI=1S/C24H25ClFN3O6S/c1-13-16-10-18(25)21(35-24(31)29(2)3)11-20(16)34-23(30)17(13)8-14-4-5-19(26)22(9-14)36(32,33)28-15-6-7-27-12-15/h4-5,9-11,15,27-28H,6-8,12H2,1-3H3. The molecule has 3 aromatic rings. The Morgan fingerprint density at radius 1 is 1.31 bits per heavy atom.